The molecule has 2 rings (SSSR count). The quantitative estimate of drug-likeness (QED) is 0.694. The number of nitrogens with one attached hydrogen (secondary N) is 1. The molecule has 1 amide bonds. The monoisotopic (exact) mass is 369 g/mol. The number of carbonyl (C=O) groups is 1. The summed E-state index contributed by atoms with van der Waals surface area (Å²) in [6.45, 7) is 2.50. The Morgan fingerprint density at radius 2 is 2.00 bits per heavy atom. The predicted octanol–water partition coefficient (Wildman–Crippen LogP) is 5.06. The summed E-state index contributed by atoms with van der Waals surface area (Å²) >= 11 is 6.18. The van der Waals surface area contributed by atoms with Gasteiger partial charge in [-0.25, -0.2) is 8.78 Å². The van der Waals surface area contributed by atoms with Crippen LogP contribution in [0.15, 0.2) is 30.3 Å². The molecule has 0 radical (unpaired) electrons. The zero-order valence-electron chi connectivity index (χ0n) is 13.9. The van der Waals surface area contributed by atoms with Crippen LogP contribution in [-0.4, -0.2) is 19.6 Å². The van der Waals surface area contributed by atoms with Crippen molar-refractivity contribution < 1.29 is 23.0 Å². The maximum Gasteiger partial charge on any atom is 0.255 e. The minimum Gasteiger partial charge on any atom is -0.493 e. The van der Waals surface area contributed by atoms with Gasteiger partial charge in [0.2, 0.25) is 0 Å². The summed E-state index contributed by atoms with van der Waals surface area (Å²) < 4.78 is 37.4. The first-order valence-electron chi connectivity index (χ1n) is 7.73. The van der Waals surface area contributed by atoms with Crippen molar-refractivity contribution in [3.05, 3.63) is 52.6 Å². The van der Waals surface area contributed by atoms with Gasteiger partial charge in [-0.1, -0.05) is 24.9 Å². The molecule has 134 valence electrons. The zero-order chi connectivity index (χ0) is 18.4. The number of methoxy groups -OCH3 is 1. The molecular formula is C18H18ClF2NO3. The number of anilines is 1. The number of amides is 1. The van der Waals surface area contributed by atoms with Gasteiger partial charge in [-0.05, 0) is 30.7 Å². The topological polar surface area (TPSA) is 47.6 Å². The molecule has 2 aromatic rings. The Bertz CT molecular complexity index is 768. The molecule has 0 bridgehead atoms. The second-order valence-electron chi connectivity index (χ2n) is 5.27. The Morgan fingerprint density at radius 1 is 1.24 bits per heavy atom. The Hall–Kier alpha value is -2.34. The summed E-state index contributed by atoms with van der Waals surface area (Å²) in [5.74, 6) is -1.55. The first kappa shape index (κ1) is 19.0. The van der Waals surface area contributed by atoms with Crippen molar-refractivity contribution in [2.24, 2.45) is 0 Å². The Labute approximate surface area is 149 Å². The van der Waals surface area contributed by atoms with Crippen LogP contribution in [0.3, 0.4) is 0 Å². The maximum absolute atomic E-state index is 13.7. The van der Waals surface area contributed by atoms with Gasteiger partial charge in [0.25, 0.3) is 5.91 Å². The molecule has 0 heterocycles. The molecule has 2 aromatic carbocycles. The van der Waals surface area contributed by atoms with E-state index >= 15 is 0 Å². The molecular weight excluding hydrogens is 352 g/mol. The molecule has 4 nitrogen and oxygen atoms in total. The van der Waals surface area contributed by atoms with Gasteiger partial charge in [0.05, 0.1) is 24.4 Å². The summed E-state index contributed by atoms with van der Waals surface area (Å²) in [4.78, 5) is 12.3. The van der Waals surface area contributed by atoms with Crippen LogP contribution in [-0.2, 0) is 0 Å². The molecule has 0 aliphatic carbocycles. The van der Waals surface area contributed by atoms with Crippen molar-refractivity contribution in [2.75, 3.05) is 19.0 Å². The van der Waals surface area contributed by atoms with E-state index in [1.807, 2.05) is 6.92 Å². The number of benzene rings is 2. The first-order valence-corrected chi connectivity index (χ1v) is 8.10. The average Bonchev–Trinajstić information content (AvgIpc) is 2.58. The van der Waals surface area contributed by atoms with E-state index in [9.17, 15) is 13.6 Å². The average molecular weight is 370 g/mol. The second-order valence-corrected chi connectivity index (χ2v) is 5.68. The Morgan fingerprint density at radius 3 is 2.64 bits per heavy atom. The van der Waals surface area contributed by atoms with Gasteiger partial charge in [-0.3, -0.25) is 4.79 Å². The highest BCUT2D eigenvalue weighted by atomic mass is 35.5. The number of hydrogen-bond donors (Lipinski definition) is 1. The largest absolute Gasteiger partial charge is 0.493 e. The second kappa shape index (κ2) is 8.67. The van der Waals surface area contributed by atoms with E-state index in [1.54, 1.807) is 0 Å². The first-order chi connectivity index (χ1) is 12.0. The fourth-order valence-corrected chi connectivity index (χ4v) is 2.36. The maximum atomic E-state index is 13.7. The molecule has 25 heavy (non-hydrogen) atoms. The predicted molar refractivity (Wildman–Crippen MR) is 92.7 cm³/mol. The molecule has 0 spiro atoms. The number of ether oxygens (including phenoxy) is 2. The fourth-order valence-electron chi connectivity index (χ4n) is 2.09. The third kappa shape index (κ3) is 4.82. The number of rotatable bonds is 7. The van der Waals surface area contributed by atoms with E-state index in [4.69, 9.17) is 21.1 Å². The van der Waals surface area contributed by atoms with Crippen LogP contribution in [0, 0.1) is 11.6 Å². The number of carbonyl (C=O) groups excluding carboxylic acids is 1. The minimum atomic E-state index is -0.870. The standard InChI is InChI=1S/C18H18ClF2NO3/c1-3-4-7-25-17-13(19)8-11(9-16(17)24-2)18(23)22-15-6-5-12(20)10-14(15)21/h5-6,8-10H,3-4,7H2,1-2H3,(H,22,23). The van der Waals surface area contributed by atoms with Crippen LogP contribution >= 0.6 is 11.6 Å². The van der Waals surface area contributed by atoms with E-state index < -0.39 is 17.5 Å². The van der Waals surface area contributed by atoms with Crippen LogP contribution in [0.25, 0.3) is 0 Å². The normalized spacial score (nSPS) is 10.4. The SMILES string of the molecule is CCCCOc1c(Cl)cc(C(=O)Nc2ccc(F)cc2F)cc1OC. The molecule has 0 aromatic heterocycles. The molecule has 0 unspecified atom stereocenters. The van der Waals surface area contributed by atoms with E-state index in [1.165, 1.54) is 19.2 Å². The van der Waals surface area contributed by atoms with Gasteiger partial charge in [0.1, 0.15) is 11.6 Å². The molecule has 0 aliphatic heterocycles. The number of unbranched alkanes of at least 4 members (excludes halogenated alkanes) is 1. The summed E-state index contributed by atoms with van der Waals surface area (Å²) in [5.41, 5.74) is 0.0261. The van der Waals surface area contributed by atoms with Crippen LogP contribution in [0.2, 0.25) is 5.02 Å². The van der Waals surface area contributed by atoms with Crippen LogP contribution in [0.4, 0.5) is 14.5 Å². The molecule has 1 N–H and O–H groups in total. The van der Waals surface area contributed by atoms with Crippen molar-refractivity contribution in [1.29, 1.82) is 0 Å². The lowest BCUT2D eigenvalue weighted by Gasteiger charge is -2.14. The molecule has 0 saturated carbocycles. The summed E-state index contributed by atoms with van der Waals surface area (Å²) in [7, 11) is 1.43. The van der Waals surface area contributed by atoms with Crippen molar-refractivity contribution in [3.8, 4) is 11.5 Å². The van der Waals surface area contributed by atoms with E-state index in [-0.39, 0.29) is 16.3 Å². The van der Waals surface area contributed by atoms with E-state index in [0.29, 0.717) is 24.2 Å². The van der Waals surface area contributed by atoms with Gasteiger partial charge < -0.3 is 14.8 Å². The van der Waals surface area contributed by atoms with Gasteiger partial charge >= 0.3 is 0 Å². The molecule has 7 heteroatoms. The zero-order valence-corrected chi connectivity index (χ0v) is 14.6. The van der Waals surface area contributed by atoms with Gasteiger partial charge in [0, 0.05) is 11.6 Å². The third-order valence-electron chi connectivity index (χ3n) is 3.42. The third-order valence-corrected chi connectivity index (χ3v) is 3.70. The van der Waals surface area contributed by atoms with Crippen molar-refractivity contribution in [1.82, 2.24) is 0 Å². The molecule has 0 fully saturated rings. The van der Waals surface area contributed by atoms with Crippen molar-refractivity contribution in [2.45, 2.75) is 19.8 Å². The number of hydrogen-bond acceptors (Lipinski definition) is 3. The molecule has 0 aliphatic rings. The smallest absolute Gasteiger partial charge is 0.255 e. The summed E-state index contributed by atoms with van der Waals surface area (Å²) in [5, 5.41) is 2.58. The molecule has 0 saturated heterocycles. The van der Waals surface area contributed by atoms with Crippen LogP contribution in [0.5, 0.6) is 11.5 Å². The summed E-state index contributed by atoms with van der Waals surface area (Å²) in [6, 6.07) is 5.74. The number of halogens is 3. The Kier molecular flexibility index (Phi) is 6.58. The van der Waals surface area contributed by atoms with Crippen LogP contribution < -0.4 is 14.8 Å². The summed E-state index contributed by atoms with van der Waals surface area (Å²) in [6.07, 6.45) is 1.81. The lowest BCUT2D eigenvalue weighted by Crippen LogP contribution is -2.13. The fraction of sp³-hybridized carbons (Fsp3) is 0.278. The van der Waals surface area contributed by atoms with Gasteiger partial charge in [0.15, 0.2) is 11.5 Å². The highest BCUT2D eigenvalue weighted by Gasteiger charge is 2.17. The van der Waals surface area contributed by atoms with Crippen molar-refractivity contribution >= 4 is 23.2 Å². The van der Waals surface area contributed by atoms with E-state index in [0.717, 1.165) is 25.0 Å². The lowest BCUT2D eigenvalue weighted by molar-refractivity contribution is 0.102. The van der Waals surface area contributed by atoms with Gasteiger partial charge in [-0.15, -0.1) is 0 Å². The highest BCUT2D eigenvalue weighted by Crippen LogP contribution is 2.36. The van der Waals surface area contributed by atoms with E-state index in [2.05, 4.69) is 5.32 Å². The van der Waals surface area contributed by atoms with Crippen LogP contribution in [0.1, 0.15) is 30.1 Å². The minimum absolute atomic E-state index is 0.134. The Balaban J connectivity index is 2.23. The van der Waals surface area contributed by atoms with Crippen molar-refractivity contribution in [3.63, 3.8) is 0 Å². The highest BCUT2D eigenvalue weighted by molar-refractivity contribution is 6.32. The lowest BCUT2D eigenvalue weighted by atomic mass is 10.1. The van der Waals surface area contributed by atoms with Gasteiger partial charge in [-0.2, -0.15) is 0 Å². The molecule has 0 atom stereocenters.